The SMILES string of the molecule is C=CCNCC=C(Cl)Cl. The molecule has 0 saturated carbocycles. The molecule has 0 rings (SSSR count). The average Bonchev–Trinajstić information content (AvgIpc) is 1.80. The monoisotopic (exact) mass is 165 g/mol. The van der Waals surface area contributed by atoms with Crippen LogP contribution in [0.3, 0.4) is 0 Å². The third-order valence-electron chi connectivity index (χ3n) is 0.689. The lowest BCUT2D eigenvalue weighted by Crippen LogP contribution is -2.12. The minimum Gasteiger partial charge on any atom is -0.310 e. The lowest BCUT2D eigenvalue weighted by atomic mass is 10.5. The van der Waals surface area contributed by atoms with Crippen LogP contribution in [0.1, 0.15) is 0 Å². The molecule has 0 fully saturated rings. The molecule has 0 unspecified atom stereocenters. The van der Waals surface area contributed by atoms with Gasteiger partial charge in [0.15, 0.2) is 0 Å². The van der Waals surface area contributed by atoms with Gasteiger partial charge in [0.2, 0.25) is 0 Å². The fourth-order valence-electron chi connectivity index (χ4n) is 0.335. The molecule has 0 heterocycles. The van der Waals surface area contributed by atoms with Gasteiger partial charge >= 0.3 is 0 Å². The highest BCUT2D eigenvalue weighted by Gasteiger charge is 1.80. The highest BCUT2D eigenvalue weighted by Crippen LogP contribution is 2.03. The van der Waals surface area contributed by atoms with Crippen molar-refractivity contribution in [1.29, 1.82) is 0 Å². The molecule has 1 N–H and O–H groups in total. The summed E-state index contributed by atoms with van der Waals surface area (Å²) < 4.78 is 0.298. The lowest BCUT2D eigenvalue weighted by molar-refractivity contribution is 0.844. The second-order valence-electron chi connectivity index (χ2n) is 1.44. The van der Waals surface area contributed by atoms with E-state index in [9.17, 15) is 0 Å². The van der Waals surface area contributed by atoms with Crippen molar-refractivity contribution in [2.75, 3.05) is 13.1 Å². The van der Waals surface area contributed by atoms with Gasteiger partial charge in [-0.05, 0) is 6.08 Å². The maximum absolute atomic E-state index is 5.32. The van der Waals surface area contributed by atoms with Crippen molar-refractivity contribution in [3.63, 3.8) is 0 Å². The van der Waals surface area contributed by atoms with Gasteiger partial charge in [-0.2, -0.15) is 0 Å². The molecule has 0 radical (unpaired) electrons. The minimum atomic E-state index is 0.298. The summed E-state index contributed by atoms with van der Waals surface area (Å²) in [5.74, 6) is 0. The van der Waals surface area contributed by atoms with E-state index in [2.05, 4.69) is 11.9 Å². The summed E-state index contributed by atoms with van der Waals surface area (Å²) in [6.45, 7) is 4.99. The third-order valence-corrected chi connectivity index (χ3v) is 0.998. The Morgan fingerprint density at radius 1 is 1.44 bits per heavy atom. The summed E-state index contributed by atoms with van der Waals surface area (Å²) in [6.07, 6.45) is 3.46. The third kappa shape index (κ3) is 8.02. The summed E-state index contributed by atoms with van der Waals surface area (Å²) in [5.41, 5.74) is 0. The van der Waals surface area contributed by atoms with Gasteiger partial charge in [-0.15, -0.1) is 6.58 Å². The molecule has 9 heavy (non-hydrogen) atoms. The van der Waals surface area contributed by atoms with E-state index in [1.54, 1.807) is 12.2 Å². The van der Waals surface area contributed by atoms with Gasteiger partial charge in [-0.25, -0.2) is 0 Å². The molecule has 52 valence electrons. The van der Waals surface area contributed by atoms with Crippen molar-refractivity contribution < 1.29 is 0 Å². The van der Waals surface area contributed by atoms with E-state index in [0.29, 0.717) is 11.0 Å². The molecular formula is C6H9Cl2N. The number of nitrogens with one attached hydrogen (secondary N) is 1. The number of hydrogen-bond acceptors (Lipinski definition) is 1. The fourth-order valence-corrected chi connectivity index (χ4v) is 0.489. The Balaban J connectivity index is 3.09. The maximum atomic E-state index is 5.32. The molecule has 1 nitrogen and oxygen atoms in total. The first-order chi connectivity index (χ1) is 4.27. The molecule has 0 aliphatic carbocycles. The molecular weight excluding hydrogens is 157 g/mol. The molecule has 0 bridgehead atoms. The van der Waals surface area contributed by atoms with Crippen LogP contribution in [-0.2, 0) is 0 Å². The molecule has 0 atom stereocenters. The maximum Gasteiger partial charge on any atom is 0.104 e. The van der Waals surface area contributed by atoms with Crippen molar-refractivity contribution in [3.05, 3.63) is 23.2 Å². The number of hydrogen-bond donors (Lipinski definition) is 1. The summed E-state index contributed by atoms with van der Waals surface area (Å²) >= 11 is 10.6. The normalized spacial score (nSPS) is 8.67. The molecule has 0 amide bonds. The van der Waals surface area contributed by atoms with Gasteiger partial charge in [0.05, 0.1) is 0 Å². The van der Waals surface area contributed by atoms with Crippen molar-refractivity contribution in [2.45, 2.75) is 0 Å². The van der Waals surface area contributed by atoms with Gasteiger partial charge in [0, 0.05) is 13.1 Å². The standard InChI is InChI=1S/C6H9Cl2N/c1-2-4-9-5-3-6(7)8/h2-3,9H,1,4-5H2. The Hall–Kier alpha value is 0.0200. The molecule has 3 heteroatoms. The smallest absolute Gasteiger partial charge is 0.104 e. The predicted molar refractivity (Wildman–Crippen MR) is 42.9 cm³/mol. The Kier molecular flexibility index (Phi) is 6.16. The fraction of sp³-hybridized carbons (Fsp3) is 0.333. The Bertz CT molecular complexity index is 106. The zero-order valence-corrected chi connectivity index (χ0v) is 6.54. The average molecular weight is 166 g/mol. The van der Waals surface area contributed by atoms with E-state index < -0.39 is 0 Å². The van der Waals surface area contributed by atoms with Gasteiger partial charge in [0.1, 0.15) is 4.49 Å². The lowest BCUT2D eigenvalue weighted by Gasteiger charge is -1.92. The van der Waals surface area contributed by atoms with Crippen LogP contribution >= 0.6 is 23.2 Å². The van der Waals surface area contributed by atoms with Crippen LogP contribution in [0, 0.1) is 0 Å². The molecule has 0 aliphatic rings. The highest BCUT2D eigenvalue weighted by atomic mass is 35.5. The first-order valence-corrected chi connectivity index (χ1v) is 3.35. The molecule has 0 aromatic rings. The summed E-state index contributed by atoms with van der Waals surface area (Å²) in [4.78, 5) is 0. The van der Waals surface area contributed by atoms with Crippen LogP contribution in [-0.4, -0.2) is 13.1 Å². The van der Waals surface area contributed by atoms with Crippen molar-refractivity contribution in [3.8, 4) is 0 Å². The van der Waals surface area contributed by atoms with E-state index in [0.717, 1.165) is 6.54 Å². The van der Waals surface area contributed by atoms with E-state index in [1.165, 1.54) is 0 Å². The largest absolute Gasteiger partial charge is 0.310 e. The summed E-state index contributed by atoms with van der Waals surface area (Å²) in [5, 5.41) is 3.00. The van der Waals surface area contributed by atoms with Crippen LogP contribution in [0.2, 0.25) is 0 Å². The van der Waals surface area contributed by atoms with E-state index in [4.69, 9.17) is 23.2 Å². The Labute approximate surface area is 65.3 Å². The van der Waals surface area contributed by atoms with E-state index in [-0.39, 0.29) is 0 Å². The van der Waals surface area contributed by atoms with Crippen LogP contribution in [0.15, 0.2) is 23.2 Å². The van der Waals surface area contributed by atoms with Gasteiger partial charge in [-0.1, -0.05) is 29.3 Å². The molecule has 0 saturated heterocycles. The molecule has 0 aromatic carbocycles. The van der Waals surface area contributed by atoms with Crippen molar-refractivity contribution in [2.24, 2.45) is 0 Å². The van der Waals surface area contributed by atoms with Crippen LogP contribution < -0.4 is 5.32 Å². The topological polar surface area (TPSA) is 12.0 Å². The quantitative estimate of drug-likeness (QED) is 0.498. The highest BCUT2D eigenvalue weighted by molar-refractivity contribution is 6.55. The molecule has 0 spiro atoms. The number of rotatable bonds is 4. The van der Waals surface area contributed by atoms with Gasteiger partial charge in [-0.3, -0.25) is 0 Å². The Morgan fingerprint density at radius 3 is 2.56 bits per heavy atom. The molecule has 0 aromatic heterocycles. The van der Waals surface area contributed by atoms with Crippen LogP contribution in [0.5, 0.6) is 0 Å². The van der Waals surface area contributed by atoms with Crippen molar-refractivity contribution in [1.82, 2.24) is 5.32 Å². The van der Waals surface area contributed by atoms with Gasteiger partial charge in [0.25, 0.3) is 0 Å². The Morgan fingerprint density at radius 2 is 2.11 bits per heavy atom. The zero-order valence-electron chi connectivity index (χ0n) is 5.03. The minimum absolute atomic E-state index is 0.298. The summed E-state index contributed by atoms with van der Waals surface area (Å²) in [6, 6.07) is 0. The second-order valence-corrected chi connectivity index (χ2v) is 2.45. The first-order valence-electron chi connectivity index (χ1n) is 2.60. The predicted octanol–water partition coefficient (Wildman–Crippen LogP) is 2.08. The van der Waals surface area contributed by atoms with Crippen LogP contribution in [0.25, 0.3) is 0 Å². The number of halogens is 2. The van der Waals surface area contributed by atoms with E-state index in [1.807, 2.05) is 0 Å². The van der Waals surface area contributed by atoms with Crippen molar-refractivity contribution >= 4 is 23.2 Å². The van der Waals surface area contributed by atoms with Gasteiger partial charge < -0.3 is 5.32 Å². The molecule has 0 aliphatic heterocycles. The second kappa shape index (κ2) is 6.14. The van der Waals surface area contributed by atoms with Crippen LogP contribution in [0.4, 0.5) is 0 Å². The zero-order chi connectivity index (χ0) is 7.11. The van der Waals surface area contributed by atoms with E-state index >= 15 is 0 Å². The summed E-state index contributed by atoms with van der Waals surface area (Å²) in [7, 11) is 0. The first kappa shape index (κ1) is 9.02.